The Labute approximate surface area is 258 Å². The molecule has 0 aromatic heterocycles. The van der Waals surface area contributed by atoms with Gasteiger partial charge in [-0.15, -0.1) is 0 Å². The van der Waals surface area contributed by atoms with Gasteiger partial charge in [-0.2, -0.15) is 0 Å². The van der Waals surface area contributed by atoms with Gasteiger partial charge in [0, 0.05) is 35.0 Å². The van der Waals surface area contributed by atoms with Crippen molar-refractivity contribution in [2.75, 3.05) is 4.90 Å². The Kier molecular flexibility index (Phi) is 8.04. The summed E-state index contributed by atoms with van der Waals surface area (Å²) in [6.07, 6.45) is 24.6. The van der Waals surface area contributed by atoms with Crippen LogP contribution >= 0.6 is 0 Å². The van der Waals surface area contributed by atoms with Gasteiger partial charge in [-0.05, 0) is 43.2 Å². The predicted molar refractivity (Wildman–Crippen MR) is 182 cm³/mol. The molecule has 43 heavy (non-hydrogen) atoms. The van der Waals surface area contributed by atoms with Gasteiger partial charge in [-0.1, -0.05) is 141 Å². The zero-order chi connectivity index (χ0) is 29.9. The molecule has 0 spiro atoms. The number of fused-ring (bicyclic) bond motifs is 2. The lowest BCUT2D eigenvalue weighted by molar-refractivity contribution is -0.565. The molecule has 0 saturated carbocycles. The first kappa shape index (κ1) is 28.7. The molecule has 2 heterocycles. The van der Waals surface area contributed by atoms with Gasteiger partial charge in [0.1, 0.15) is 0 Å². The fraction of sp³-hybridized carbons (Fsp3) is 0.244. The molecule has 1 aliphatic carbocycles. The van der Waals surface area contributed by atoms with E-state index in [0.717, 1.165) is 13.1 Å². The van der Waals surface area contributed by atoms with Crippen LogP contribution in [0.1, 0.15) is 44.4 Å². The summed E-state index contributed by atoms with van der Waals surface area (Å²) in [5, 5.41) is 0. The standard InChI is InChI=1S/C41H43N2/c1-40(2)34-24-16-18-26-36(34)42(30-32-20-10-8-11-21-32)38(40)28-14-6-5-7-15-29-39-41(3,4)35-25-17-19-27-37(35)43(39)31-33-22-12-9-13-23-33/h5-29,34,36H,30-31H2,1-4H3/q+1. The summed E-state index contributed by atoms with van der Waals surface area (Å²) in [4.78, 5) is 2.47. The van der Waals surface area contributed by atoms with Gasteiger partial charge in [-0.3, -0.25) is 0 Å². The molecule has 2 aliphatic heterocycles. The van der Waals surface area contributed by atoms with E-state index >= 15 is 0 Å². The number of benzene rings is 3. The van der Waals surface area contributed by atoms with E-state index in [4.69, 9.17) is 0 Å². The van der Waals surface area contributed by atoms with Crippen LogP contribution in [-0.2, 0) is 18.5 Å². The molecule has 3 aromatic carbocycles. The van der Waals surface area contributed by atoms with Crippen molar-refractivity contribution in [2.24, 2.45) is 11.3 Å². The highest BCUT2D eigenvalue weighted by Gasteiger charge is 2.52. The number of para-hydroxylation sites is 1. The van der Waals surface area contributed by atoms with Crippen LogP contribution in [0.4, 0.5) is 5.69 Å². The van der Waals surface area contributed by atoms with Crippen LogP contribution in [-0.4, -0.2) is 16.3 Å². The number of nitrogens with zero attached hydrogens (tertiary/aromatic N) is 2. The Morgan fingerprint density at radius 1 is 0.698 bits per heavy atom. The molecule has 2 unspecified atom stereocenters. The molecule has 0 bridgehead atoms. The fourth-order valence-corrected chi connectivity index (χ4v) is 7.11. The summed E-state index contributed by atoms with van der Waals surface area (Å²) in [7, 11) is 0. The first-order valence-corrected chi connectivity index (χ1v) is 15.5. The first-order chi connectivity index (χ1) is 20.9. The molecule has 0 fully saturated rings. The lowest BCUT2D eigenvalue weighted by Gasteiger charge is -2.27. The lowest BCUT2D eigenvalue weighted by Crippen LogP contribution is -2.30. The predicted octanol–water partition coefficient (Wildman–Crippen LogP) is 9.34. The molecule has 6 rings (SSSR count). The molecule has 0 radical (unpaired) electrons. The van der Waals surface area contributed by atoms with E-state index in [2.05, 4.69) is 189 Å². The number of rotatable bonds is 8. The third kappa shape index (κ3) is 5.67. The number of allylic oxidation sites excluding steroid dienone is 10. The van der Waals surface area contributed by atoms with Crippen LogP contribution in [0.25, 0.3) is 0 Å². The average molecular weight is 564 g/mol. The molecule has 3 aliphatic rings. The minimum atomic E-state index is -0.0636. The summed E-state index contributed by atoms with van der Waals surface area (Å²) >= 11 is 0. The topological polar surface area (TPSA) is 6.25 Å². The van der Waals surface area contributed by atoms with Gasteiger partial charge in [0.25, 0.3) is 0 Å². The third-order valence-electron chi connectivity index (χ3n) is 9.40. The van der Waals surface area contributed by atoms with Crippen LogP contribution in [0.5, 0.6) is 0 Å². The van der Waals surface area contributed by atoms with Crippen molar-refractivity contribution in [2.45, 2.75) is 52.2 Å². The number of anilines is 1. The van der Waals surface area contributed by atoms with Crippen LogP contribution in [0, 0.1) is 11.3 Å². The molecule has 3 aromatic rings. The van der Waals surface area contributed by atoms with Crippen molar-refractivity contribution in [3.8, 4) is 0 Å². The SMILES string of the molecule is CC1(C)\C(=C/C=C/C=C/C=C/C2=[N+](Cc3ccccc3)C3C=CC=CC3C2(C)C)N(Cc2ccccc2)c2ccccc21. The zero-order valence-electron chi connectivity index (χ0n) is 25.9. The highest BCUT2D eigenvalue weighted by atomic mass is 15.2. The van der Waals surface area contributed by atoms with E-state index in [9.17, 15) is 0 Å². The monoisotopic (exact) mass is 563 g/mol. The van der Waals surface area contributed by atoms with Gasteiger partial charge in [-0.25, -0.2) is 4.58 Å². The van der Waals surface area contributed by atoms with Crippen LogP contribution in [0.15, 0.2) is 157 Å². The summed E-state index contributed by atoms with van der Waals surface area (Å²) in [6.45, 7) is 11.2. The Hall–Kier alpha value is -4.43. The maximum Gasteiger partial charge on any atom is 0.183 e. The van der Waals surface area contributed by atoms with E-state index in [0.29, 0.717) is 12.0 Å². The molecule has 0 saturated heterocycles. The Morgan fingerprint density at radius 3 is 2.09 bits per heavy atom. The summed E-state index contributed by atoms with van der Waals surface area (Å²) < 4.78 is 2.59. The smallest absolute Gasteiger partial charge is 0.183 e. The first-order valence-electron chi connectivity index (χ1n) is 15.5. The second kappa shape index (κ2) is 12.1. The van der Waals surface area contributed by atoms with Crippen LogP contribution < -0.4 is 4.90 Å². The number of hydrogen-bond acceptors (Lipinski definition) is 1. The Balaban J connectivity index is 1.22. The van der Waals surface area contributed by atoms with Gasteiger partial charge in [0.2, 0.25) is 0 Å². The van der Waals surface area contributed by atoms with Crippen LogP contribution in [0.3, 0.4) is 0 Å². The fourth-order valence-electron chi connectivity index (χ4n) is 7.11. The van der Waals surface area contributed by atoms with Crippen molar-refractivity contribution in [3.63, 3.8) is 0 Å². The van der Waals surface area contributed by atoms with Gasteiger partial charge < -0.3 is 4.90 Å². The van der Waals surface area contributed by atoms with Crippen molar-refractivity contribution in [3.05, 3.63) is 174 Å². The summed E-state index contributed by atoms with van der Waals surface area (Å²) in [5.74, 6) is 0.467. The molecule has 2 heteroatoms. The molecule has 216 valence electrons. The minimum Gasteiger partial charge on any atom is -0.340 e. The minimum absolute atomic E-state index is 0.0522. The van der Waals surface area contributed by atoms with Gasteiger partial charge in [0.15, 0.2) is 18.3 Å². The van der Waals surface area contributed by atoms with Crippen molar-refractivity contribution in [1.82, 2.24) is 0 Å². The molecular weight excluding hydrogens is 520 g/mol. The van der Waals surface area contributed by atoms with Gasteiger partial charge in [0.05, 0.1) is 11.3 Å². The largest absolute Gasteiger partial charge is 0.340 e. The molecule has 0 amide bonds. The normalized spacial score (nSPS) is 22.9. The summed E-state index contributed by atoms with van der Waals surface area (Å²) in [6, 6.07) is 30.8. The van der Waals surface area contributed by atoms with Crippen molar-refractivity contribution < 1.29 is 4.58 Å². The highest BCUT2D eigenvalue weighted by molar-refractivity contribution is 5.97. The third-order valence-corrected chi connectivity index (χ3v) is 9.40. The molecule has 2 atom stereocenters. The van der Waals surface area contributed by atoms with E-state index in [1.807, 2.05) is 0 Å². The average Bonchev–Trinajstić information content (AvgIpc) is 3.36. The second-order valence-corrected chi connectivity index (χ2v) is 12.9. The van der Waals surface area contributed by atoms with E-state index in [-0.39, 0.29) is 10.8 Å². The molecule has 0 N–H and O–H groups in total. The number of hydrogen-bond donors (Lipinski definition) is 0. The quantitative estimate of drug-likeness (QED) is 0.195. The lowest BCUT2D eigenvalue weighted by atomic mass is 9.73. The summed E-state index contributed by atoms with van der Waals surface area (Å²) in [5.41, 5.74) is 8.04. The van der Waals surface area contributed by atoms with Crippen molar-refractivity contribution >= 4 is 11.4 Å². The van der Waals surface area contributed by atoms with Gasteiger partial charge >= 0.3 is 0 Å². The second-order valence-electron chi connectivity index (χ2n) is 12.9. The Morgan fingerprint density at radius 2 is 1.33 bits per heavy atom. The van der Waals surface area contributed by atoms with E-state index in [1.165, 1.54) is 33.8 Å². The molecule has 2 nitrogen and oxygen atoms in total. The Bertz CT molecular complexity index is 1660. The molecular formula is C41H43N2+. The maximum absolute atomic E-state index is 2.59. The zero-order valence-corrected chi connectivity index (χ0v) is 25.9. The highest BCUT2D eigenvalue weighted by Crippen LogP contribution is 2.48. The maximum atomic E-state index is 2.59. The van der Waals surface area contributed by atoms with Crippen molar-refractivity contribution in [1.29, 1.82) is 0 Å². The van der Waals surface area contributed by atoms with E-state index in [1.54, 1.807) is 0 Å². The van der Waals surface area contributed by atoms with Crippen LogP contribution in [0.2, 0.25) is 0 Å². The van der Waals surface area contributed by atoms with E-state index < -0.39 is 0 Å².